The van der Waals surface area contributed by atoms with Gasteiger partial charge < -0.3 is 9.47 Å². The molecule has 0 aromatic heterocycles. The maximum atomic E-state index is 6.02. The van der Waals surface area contributed by atoms with Crippen molar-refractivity contribution < 1.29 is 9.47 Å². The van der Waals surface area contributed by atoms with E-state index in [1.54, 1.807) is 26.5 Å². The Morgan fingerprint density at radius 2 is 1.80 bits per heavy atom. The van der Waals surface area contributed by atoms with Gasteiger partial charge in [-0.05, 0) is 35.9 Å². The largest absolute Gasteiger partial charge is 0.493 e. The van der Waals surface area contributed by atoms with Gasteiger partial charge in [0.05, 0.1) is 31.1 Å². The van der Waals surface area contributed by atoms with Crippen molar-refractivity contribution in [3.05, 3.63) is 53.1 Å². The quantitative estimate of drug-likeness (QED) is 0.673. The average Bonchev–Trinajstić information content (AvgIpc) is 2.49. The number of halogens is 1. The minimum absolute atomic E-state index is 0.622. The molecule has 2 aromatic carbocycles. The maximum absolute atomic E-state index is 6.02. The minimum atomic E-state index is 0.622. The first-order chi connectivity index (χ1) is 9.74. The van der Waals surface area contributed by atoms with Crippen LogP contribution in [0.5, 0.6) is 11.5 Å². The Labute approximate surface area is 123 Å². The molecule has 0 atom stereocenters. The summed E-state index contributed by atoms with van der Waals surface area (Å²) in [5, 5.41) is 4.77. The van der Waals surface area contributed by atoms with Crippen molar-refractivity contribution in [1.29, 1.82) is 0 Å². The Kier molecular flexibility index (Phi) is 4.85. The van der Waals surface area contributed by atoms with Crippen LogP contribution in [0.3, 0.4) is 0 Å². The molecule has 0 aliphatic rings. The maximum Gasteiger partial charge on any atom is 0.161 e. The third-order valence-electron chi connectivity index (χ3n) is 2.68. The van der Waals surface area contributed by atoms with Crippen molar-refractivity contribution in [3.8, 4) is 11.5 Å². The first-order valence-electron chi connectivity index (χ1n) is 6.00. The highest BCUT2D eigenvalue weighted by atomic mass is 35.5. The minimum Gasteiger partial charge on any atom is -0.493 e. The Morgan fingerprint density at radius 1 is 1.05 bits per heavy atom. The van der Waals surface area contributed by atoms with Crippen LogP contribution in [0.25, 0.3) is 0 Å². The number of para-hydroxylation sites is 1. The number of nitrogens with zero attached hydrogens (tertiary/aromatic N) is 1. The number of nitrogens with one attached hydrogen (secondary N) is 1. The number of anilines is 1. The highest BCUT2D eigenvalue weighted by molar-refractivity contribution is 6.33. The first-order valence-corrected chi connectivity index (χ1v) is 6.38. The molecule has 5 heteroatoms. The molecule has 0 aliphatic heterocycles. The van der Waals surface area contributed by atoms with Crippen molar-refractivity contribution in [1.82, 2.24) is 0 Å². The summed E-state index contributed by atoms with van der Waals surface area (Å²) in [5.41, 5.74) is 4.54. The third-order valence-corrected chi connectivity index (χ3v) is 3.01. The van der Waals surface area contributed by atoms with Crippen molar-refractivity contribution in [2.75, 3.05) is 19.6 Å². The van der Waals surface area contributed by atoms with Crippen molar-refractivity contribution in [3.63, 3.8) is 0 Å². The fourth-order valence-electron chi connectivity index (χ4n) is 1.66. The van der Waals surface area contributed by atoms with Gasteiger partial charge in [0.2, 0.25) is 0 Å². The second-order valence-electron chi connectivity index (χ2n) is 3.96. The molecular formula is C15H15ClN2O2. The molecule has 0 heterocycles. The van der Waals surface area contributed by atoms with Gasteiger partial charge in [-0.3, -0.25) is 5.43 Å². The topological polar surface area (TPSA) is 42.8 Å². The molecule has 104 valence electrons. The summed E-state index contributed by atoms with van der Waals surface area (Å²) in [6, 6.07) is 13.0. The normalized spacial score (nSPS) is 10.6. The molecule has 2 aromatic rings. The number of benzene rings is 2. The van der Waals surface area contributed by atoms with E-state index in [1.807, 2.05) is 36.4 Å². The summed E-state index contributed by atoms with van der Waals surface area (Å²) < 4.78 is 10.4. The second-order valence-corrected chi connectivity index (χ2v) is 4.37. The Hall–Kier alpha value is -2.20. The van der Waals surface area contributed by atoms with Crippen molar-refractivity contribution in [2.45, 2.75) is 0 Å². The summed E-state index contributed by atoms with van der Waals surface area (Å²) in [7, 11) is 3.20. The monoisotopic (exact) mass is 290 g/mol. The zero-order valence-corrected chi connectivity index (χ0v) is 12.0. The highest BCUT2D eigenvalue weighted by Crippen LogP contribution is 2.27. The molecule has 0 aliphatic carbocycles. The van der Waals surface area contributed by atoms with Gasteiger partial charge in [0, 0.05) is 0 Å². The van der Waals surface area contributed by atoms with Gasteiger partial charge in [0.25, 0.3) is 0 Å². The Balaban J connectivity index is 2.10. The van der Waals surface area contributed by atoms with Crippen LogP contribution in [0.4, 0.5) is 5.69 Å². The number of ether oxygens (including phenoxy) is 2. The van der Waals surface area contributed by atoms with E-state index in [0.29, 0.717) is 16.5 Å². The third kappa shape index (κ3) is 3.42. The predicted molar refractivity (Wildman–Crippen MR) is 82.2 cm³/mol. The van der Waals surface area contributed by atoms with E-state index in [-0.39, 0.29) is 0 Å². The van der Waals surface area contributed by atoms with E-state index in [0.717, 1.165) is 11.3 Å². The average molecular weight is 291 g/mol. The molecule has 0 saturated heterocycles. The fraction of sp³-hybridized carbons (Fsp3) is 0.133. The number of rotatable bonds is 5. The van der Waals surface area contributed by atoms with Gasteiger partial charge in [0.1, 0.15) is 0 Å². The summed E-state index contributed by atoms with van der Waals surface area (Å²) in [6.07, 6.45) is 1.69. The van der Waals surface area contributed by atoms with Crippen LogP contribution in [-0.2, 0) is 0 Å². The van der Waals surface area contributed by atoms with Crippen LogP contribution in [-0.4, -0.2) is 20.4 Å². The highest BCUT2D eigenvalue weighted by Gasteiger charge is 2.03. The first kappa shape index (κ1) is 14.2. The predicted octanol–water partition coefficient (Wildman–Crippen LogP) is 3.80. The SMILES string of the molecule is COc1ccc(/C=N\Nc2ccccc2Cl)cc1OC. The van der Waals surface area contributed by atoms with Crippen LogP contribution in [0, 0.1) is 0 Å². The zero-order valence-electron chi connectivity index (χ0n) is 11.3. The molecule has 0 unspecified atom stereocenters. The second kappa shape index (κ2) is 6.82. The lowest BCUT2D eigenvalue weighted by atomic mass is 10.2. The molecule has 1 N–H and O–H groups in total. The number of hydrazone groups is 1. The van der Waals surface area contributed by atoms with Crippen LogP contribution in [0.2, 0.25) is 5.02 Å². The van der Waals surface area contributed by atoms with Crippen LogP contribution in [0.15, 0.2) is 47.6 Å². The molecule has 0 fully saturated rings. The molecule has 0 saturated carbocycles. The molecular weight excluding hydrogens is 276 g/mol. The van der Waals surface area contributed by atoms with E-state index in [1.165, 1.54) is 0 Å². The van der Waals surface area contributed by atoms with Gasteiger partial charge >= 0.3 is 0 Å². The number of hydrogen-bond acceptors (Lipinski definition) is 4. The summed E-state index contributed by atoms with van der Waals surface area (Å²) in [4.78, 5) is 0. The lowest BCUT2D eigenvalue weighted by Gasteiger charge is -2.07. The zero-order chi connectivity index (χ0) is 14.4. The lowest BCUT2D eigenvalue weighted by Crippen LogP contribution is -1.94. The smallest absolute Gasteiger partial charge is 0.161 e. The lowest BCUT2D eigenvalue weighted by molar-refractivity contribution is 0.355. The molecule has 0 amide bonds. The van der Waals surface area contributed by atoms with E-state index in [9.17, 15) is 0 Å². The molecule has 20 heavy (non-hydrogen) atoms. The Bertz CT molecular complexity index is 615. The molecule has 2 rings (SSSR count). The molecule has 0 bridgehead atoms. The summed E-state index contributed by atoms with van der Waals surface area (Å²) in [5.74, 6) is 1.35. The number of methoxy groups -OCH3 is 2. The molecule has 0 radical (unpaired) electrons. The van der Waals surface area contributed by atoms with Crippen molar-refractivity contribution in [2.24, 2.45) is 5.10 Å². The summed E-state index contributed by atoms with van der Waals surface area (Å²) >= 11 is 6.02. The molecule has 4 nitrogen and oxygen atoms in total. The van der Waals surface area contributed by atoms with Crippen LogP contribution < -0.4 is 14.9 Å². The summed E-state index contributed by atoms with van der Waals surface area (Å²) in [6.45, 7) is 0. The van der Waals surface area contributed by atoms with Crippen LogP contribution in [0.1, 0.15) is 5.56 Å². The van der Waals surface area contributed by atoms with Gasteiger partial charge in [-0.1, -0.05) is 23.7 Å². The van der Waals surface area contributed by atoms with E-state index >= 15 is 0 Å². The van der Waals surface area contributed by atoms with E-state index in [2.05, 4.69) is 10.5 Å². The van der Waals surface area contributed by atoms with Gasteiger partial charge in [0.15, 0.2) is 11.5 Å². The van der Waals surface area contributed by atoms with Gasteiger partial charge in [-0.2, -0.15) is 5.10 Å². The number of hydrogen-bond donors (Lipinski definition) is 1. The van der Waals surface area contributed by atoms with Crippen molar-refractivity contribution >= 4 is 23.5 Å². The van der Waals surface area contributed by atoms with E-state index < -0.39 is 0 Å². The fourth-order valence-corrected chi connectivity index (χ4v) is 1.84. The van der Waals surface area contributed by atoms with Gasteiger partial charge in [-0.25, -0.2) is 0 Å². The molecule has 0 spiro atoms. The van der Waals surface area contributed by atoms with E-state index in [4.69, 9.17) is 21.1 Å². The van der Waals surface area contributed by atoms with Gasteiger partial charge in [-0.15, -0.1) is 0 Å². The van der Waals surface area contributed by atoms with Crippen LogP contribution >= 0.6 is 11.6 Å². The standard InChI is InChI=1S/C15H15ClN2O2/c1-19-14-8-7-11(9-15(14)20-2)10-17-18-13-6-4-3-5-12(13)16/h3-10,18H,1-2H3/b17-10-. The Morgan fingerprint density at radius 3 is 2.50 bits per heavy atom.